The van der Waals surface area contributed by atoms with E-state index in [1.807, 2.05) is 36.4 Å². The predicted octanol–water partition coefficient (Wildman–Crippen LogP) is 12.4. The van der Waals surface area contributed by atoms with Crippen molar-refractivity contribution >= 4 is 65.4 Å². The van der Waals surface area contributed by atoms with Gasteiger partial charge in [-0.2, -0.15) is 10.5 Å². The van der Waals surface area contributed by atoms with Crippen LogP contribution in [0.3, 0.4) is 0 Å². The molecule has 55 heavy (non-hydrogen) atoms. The molecule has 0 radical (unpaired) electrons. The fourth-order valence-corrected chi connectivity index (χ4v) is 8.85. The molecule has 11 aromatic rings. The SMILES string of the molecule is N#Cc1ccc(-n2c3ccccc3c3cccc(-n4c5ccccc5c5ccccc54)c32)c(-c2cccc(-n3c4ccccc4c4c(C#N)cccc43)c2)c1. The highest BCUT2D eigenvalue weighted by Gasteiger charge is 2.22. The van der Waals surface area contributed by atoms with E-state index in [9.17, 15) is 10.5 Å². The molecule has 5 nitrogen and oxygen atoms in total. The highest BCUT2D eigenvalue weighted by atomic mass is 15.1. The monoisotopic (exact) mass is 699 g/mol. The Morgan fingerprint density at radius 3 is 1.64 bits per heavy atom. The lowest BCUT2D eigenvalue weighted by Crippen LogP contribution is -2.03. The van der Waals surface area contributed by atoms with Crippen LogP contribution >= 0.6 is 0 Å². The van der Waals surface area contributed by atoms with E-state index in [2.05, 4.69) is 165 Å². The Bertz CT molecular complexity index is 3420. The van der Waals surface area contributed by atoms with E-state index in [-0.39, 0.29) is 0 Å². The molecule has 0 amide bonds. The number of hydrogen-bond acceptors (Lipinski definition) is 2. The van der Waals surface area contributed by atoms with Crippen molar-refractivity contribution in [1.82, 2.24) is 13.7 Å². The third-order valence-electron chi connectivity index (χ3n) is 11.1. The van der Waals surface area contributed by atoms with E-state index in [0.29, 0.717) is 11.1 Å². The third-order valence-corrected chi connectivity index (χ3v) is 11.1. The van der Waals surface area contributed by atoms with Crippen LogP contribution in [-0.2, 0) is 0 Å². The molecule has 0 unspecified atom stereocenters. The topological polar surface area (TPSA) is 62.4 Å². The second-order valence-electron chi connectivity index (χ2n) is 14.0. The molecule has 0 saturated heterocycles. The van der Waals surface area contributed by atoms with Crippen LogP contribution in [0.25, 0.3) is 93.6 Å². The molecule has 0 spiro atoms. The summed E-state index contributed by atoms with van der Waals surface area (Å²) >= 11 is 0. The maximum atomic E-state index is 10.2. The van der Waals surface area contributed by atoms with E-state index in [1.54, 1.807) is 0 Å². The molecule has 8 aromatic carbocycles. The van der Waals surface area contributed by atoms with Gasteiger partial charge < -0.3 is 13.7 Å². The molecule has 0 fully saturated rings. The van der Waals surface area contributed by atoms with Crippen LogP contribution in [-0.4, -0.2) is 13.7 Å². The lowest BCUT2D eigenvalue weighted by atomic mass is 10.00. The Labute approximate surface area is 316 Å². The van der Waals surface area contributed by atoms with Gasteiger partial charge in [0.2, 0.25) is 0 Å². The molecule has 0 aliphatic carbocycles. The lowest BCUT2D eigenvalue weighted by molar-refractivity contribution is 1.13. The predicted molar refractivity (Wildman–Crippen MR) is 224 cm³/mol. The minimum atomic E-state index is 0.586. The van der Waals surface area contributed by atoms with Crippen LogP contribution in [0.5, 0.6) is 0 Å². The van der Waals surface area contributed by atoms with Crippen LogP contribution in [0.2, 0.25) is 0 Å². The first-order valence-corrected chi connectivity index (χ1v) is 18.3. The number of benzene rings is 8. The van der Waals surface area contributed by atoms with Crippen LogP contribution < -0.4 is 0 Å². The Kier molecular flexibility index (Phi) is 6.61. The summed E-state index contributed by atoms with van der Waals surface area (Å²) in [6, 6.07) is 66.0. The molecule has 0 aliphatic heterocycles. The summed E-state index contributed by atoms with van der Waals surface area (Å²) in [5, 5.41) is 27.0. The summed E-state index contributed by atoms with van der Waals surface area (Å²) < 4.78 is 7.01. The Morgan fingerprint density at radius 2 is 0.945 bits per heavy atom. The van der Waals surface area contributed by atoms with Gasteiger partial charge in [-0.1, -0.05) is 103 Å². The quantitative estimate of drug-likeness (QED) is 0.184. The number of rotatable bonds is 4. The molecule has 11 rings (SSSR count). The first-order valence-electron chi connectivity index (χ1n) is 18.3. The van der Waals surface area contributed by atoms with Crippen molar-refractivity contribution in [2.45, 2.75) is 0 Å². The molecule has 0 N–H and O–H groups in total. The molecule has 0 saturated carbocycles. The molecular formula is C50H29N5. The van der Waals surface area contributed by atoms with Crippen molar-refractivity contribution in [2.75, 3.05) is 0 Å². The summed E-state index contributed by atoms with van der Waals surface area (Å²) in [6.07, 6.45) is 0. The molecule has 3 heterocycles. The molecule has 0 aliphatic rings. The zero-order valence-corrected chi connectivity index (χ0v) is 29.5. The standard InChI is InChI=1S/C50H29N5/c51-30-32-26-27-46(41(28-32)33-12-9-14-35(29-33)53-45-23-8-4-18-40(45)49-34(31-52)13-10-24-47(49)53)55-44-22-7-3-17-38(44)39-19-11-25-48(50(39)55)54-42-20-5-1-15-36(42)37-16-2-6-21-43(37)54/h1-29H. The number of nitrogens with zero attached hydrogens (tertiary/aromatic N) is 5. The molecule has 3 aromatic heterocycles. The van der Waals surface area contributed by atoms with E-state index in [1.165, 1.54) is 10.8 Å². The Balaban J connectivity index is 1.22. The highest BCUT2D eigenvalue weighted by molar-refractivity contribution is 6.16. The second kappa shape index (κ2) is 11.8. The van der Waals surface area contributed by atoms with Gasteiger partial charge in [-0.3, -0.25) is 0 Å². The normalized spacial score (nSPS) is 11.6. The molecule has 5 heteroatoms. The summed E-state index contributed by atoms with van der Waals surface area (Å²) in [5.41, 5.74) is 12.6. The van der Waals surface area contributed by atoms with Crippen molar-refractivity contribution in [3.8, 4) is 40.3 Å². The average molecular weight is 700 g/mol. The van der Waals surface area contributed by atoms with Crippen molar-refractivity contribution in [3.05, 3.63) is 187 Å². The number of fused-ring (bicyclic) bond motifs is 9. The maximum absolute atomic E-state index is 10.2. The summed E-state index contributed by atoms with van der Waals surface area (Å²) in [5.74, 6) is 0. The zero-order chi connectivity index (χ0) is 36.6. The van der Waals surface area contributed by atoms with Crippen LogP contribution in [0.4, 0.5) is 0 Å². The number of nitriles is 2. The van der Waals surface area contributed by atoms with Crippen molar-refractivity contribution < 1.29 is 0 Å². The fourth-order valence-electron chi connectivity index (χ4n) is 8.85. The van der Waals surface area contributed by atoms with Gasteiger partial charge in [0.25, 0.3) is 0 Å². The number of aromatic nitrogens is 3. The molecule has 254 valence electrons. The van der Waals surface area contributed by atoms with Gasteiger partial charge in [0.05, 0.1) is 67.7 Å². The van der Waals surface area contributed by atoms with Gasteiger partial charge in [0.15, 0.2) is 0 Å². The van der Waals surface area contributed by atoms with Gasteiger partial charge in [-0.15, -0.1) is 0 Å². The van der Waals surface area contributed by atoms with Crippen LogP contribution in [0.1, 0.15) is 11.1 Å². The molecule has 0 atom stereocenters. The summed E-state index contributed by atoms with van der Waals surface area (Å²) in [6.45, 7) is 0. The lowest BCUT2D eigenvalue weighted by Gasteiger charge is -2.18. The van der Waals surface area contributed by atoms with Crippen molar-refractivity contribution in [1.29, 1.82) is 10.5 Å². The van der Waals surface area contributed by atoms with Gasteiger partial charge in [-0.05, 0) is 78.4 Å². The van der Waals surface area contributed by atoms with E-state index in [0.717, 1.165) is 82.8 Å². The highest BCUT2D eigenvalue weighted by Crippen LogP contribution is 2.42. The first kappa shape index (κ1) is 30.7. The fraction of sp³-hybridized carbons (Fsp3) is 0. The zero-order valence-electron chi connectivity index (χ0n) is 29.5. The first-order chi connectivity index (χ1) is 27.2. The largest absolute Gasteiger partial charge is 0.309 e. The second-order valence-corrected chi connectivity index (χ2v) is 14.0. The third kappa shape index (κ3) is 4.39. The summed E-state index contributed by atoms with van der Waals surface area (Å²) in [7, 11) is 0. The maximum Gasteiger partial charge on any atom is 0.0998 e. The average Bonchev–Trinajstić information content (AvgIpc) is 3.89. The van der Waals surface area contributed by atoms with E-state index < -0.39 is 0 Å². The van der Waals surface area contributed by atoms with Gasteiger partial charge >= 0.3 is 0 Å². The molecular weight excluding hydrogens is 671 g/mol. The number of hydrogen-bond donors (Lipinski definition) is 0. The van der Waals surface area contributed by atoms with E-state index in [4.69, 9.17) is 0 Å². The van der Waals surface area contributed by atoms with Crippen molar-refractivity contribution in [2.24, 2.45) is 0 Å². The number of para-hydroxylation sites is 5. The minimum absolute atomic E-state index is 0.586. The van der Waals surface area contributed by atoms with Gasteiger partial charge in [0.1, 0.15) is 0 Å². The Hall–Kier alpha value is -7.86. The molecule has 0 bridgehead atoms. The van der Waals surface area contributed by atoms with Crippen LogP contribution in [0, 0.1) is 22.7 Å². The van der Waals surface area contributed by atoms with Crippen LogP contribution in [0.15, 0.2) is 176 Å². The minimum Gasteiger partial charge on any atom is -0.309 e. The van der Waals surface area contributed by atoms with Gasteiger partial charge in [0, 0.05) is 43.6 Å². The smallest absolute Gasteiger partial charge is 0.0998 e. The summed E-state index contributed by atoms with van der Waals surface area (Å²) in [4.78, 5) is 0. The van der Waals surface area contributed by atoms with Gasteiger partial charge in [-0.25, -0.2) is 0 Å². The Morgan fingerprint density at radius 1 is 0.382 bits per heavy atom. The van der Waals surface area contributed by atoms with Crippen molar-refractivity contribution in [3.63, 3.8) is 0 Å². The van der Waals surface area contributed by atoms with E-state index >= 15 is 0 Å².